The molecule has 4 rings (SSSR count). The largest absolute Gasteiger partial charge is 0.426 e. The summed E-state index contributed by atoms with van der Waals surface area (Å²) in [5.74, 6) is -1.71. The summed E-state index contributed by atoms with van der Waals surface area (Å²) in [5, 5.41) is 10.1. The van der Waals surface area contributed by atoms with Crippen molar-refractivity contribution in [1.82, 2.24) is 0 Å². The number of carbonyl (C=O) groups is 1. The topological polar surface area (TPSA) is 71.4 Å². The van der Waals surface area contributed by atoms with Crippen molar-refractivity contribution in [1.29, 1.82) is 0 Å². The molecule has 1 unspecified atom stereocenters. The Bertz CT molecular complexity index is 1330. The van der Waals surface area contributed by atoms with Crippen LogP contribution in [0.5, 0.6) is 0 Å². The average Bonchev–Trinajstić information content (AvgIpc) is 3.17. The summed E-state index contributed by atoms with van der Waals surface area (Å²) < 4.78 is 95.7. The fourth-order valence-corrected chi connectivity index (χ4v) is 8.84. The van der Waals surface area contributed by atoms with E-state index >= 15 is 0 Å². The van der Waals surface area contributed by atoms with Crippen molar-refractivity contribution in [2.24, 2.45) is 11.8 Å². The second-order valence-electron chi connectivity index (χ2n) is 11.4. The van der Waals surface area contributed by atoms with E-state index in [4.69, 9.17) is 0 Å². The van der Waals surface area contributed by atoms with Crippen LogP contribution in [0.4, 0.5) is 22.0 Å². The summed E-state index contributed by atoms with van der Waals surface area (Å²) >= 11 is 0. The van der Waals surface area contributed by atoms with Gasteiger partial charge in [-0.2, -0.15) is 13.2 Å². The molecule has 0 aromatic heterocycles. The quantitative estimate of drug-likeness (QED) is 0.318. The van der Waals surface area contributed by atoms with Gasteiger partial charge in [-0.1, -0.05) is 18.2 Å². The Morgan fingerprint density at radius 3 is 2.24 bits per heavy atom. The minimum absolute atomic E-state index is 0.0549. The van der Waals surface area contributed by atoms with Gasteiger partial charge in [-0.25, -0.2) is 17.2 Å². The third-order valence-electron chi connectivity index (χ3n) is 8.14. The first-order valence-corrected chi connectivity index (χ1v) is 14.0. The Hall–Kier alpha value is -2.33. The molecule has 2 aliphatic rings. The smallest absolute Gasteiger partial charge is 0.390 e. The van der Waals surface area contributed by atoms with Crippen molar-refractivity contribution in [2.75, 3.05) is 0 Å². The summed E-state index contributed by atoms with van der Waals surface area (Å²) in [6, 6.07) is 7.76. The Kier molecular flexibility index (Phi) is 7.09. The first kappa shape index (κ1) is 28.7. The molecule has 2 aromatic carbocycles. The second-order valence-corrected chi connectivity index (χ2v) is 13.6. The van der Waals surface area contributed by atoms with Crippen LogP contribution in [0.15, 0.2) is 47.4 Å². The molecule has 2 aromatic rings. The molecule has 4 atom stereocenters. The number of alkyl halides is 4. The number of carbonyl (C=O) groups excluding carboxylic acids is 1. The van der Waals surface area contributed by atoms with Crippen molar-refractivity contribution in [3.05, 3.63) is 65.0 Å². The van der Waals surface area contributed by atoms with Crippen molar-refractivity contribution in [3.8, 4) is 0 Å². The van der Waals surface area contributed by atoms with Gasteiger partial charge in [-0.3, -0.25) is 4.79 Å². The van der Waals surface area contributed by atoms with Crippen LogP contribution in [0.2, 0.25) is 0 Å². The first-order valence-electron chi connectivity index (χ1n) is 12.5. The zero-order chi connectivity index (χ0) is 28.3. The minimum atomic E-state index is -5.16. The van der Waals surface area contributed by atoms with E-state index in [0.29, 0.717) is 24.5 Å². The number of halogens is 5. The minimum Gasteiger partial charge on any atom is -0.390 e. The highest BCUT2D eigenvalue weighted by molar-refractivity contribution is 7.92. The number of benzene rings is 2. The van der Waals surface area contributed by atoms with E-state index in [0.717, 1.165) is 36.4 Å². The molecule has 0 radical (unpaired) electrons. The predicted octanol–water partition coefficient (Wildman–Crippen LogP) is 6.33. The lowest BCUT2D eigenvalue weighted by Gasteiger charge is -2.43. The number of ketones is 1. The Morgan fingerprint density at radius 1 is 1.03 bits per heavy atom. The van der Waals surface area contributed by atoms with Gasteiger partial charge < -0.3 is 5.11 Å². The molecule has 0 bridgehead atoms. The van der Waals surface area contributed by atoms with Gasteiger partial charge in [0.15, 0.2) is 9.84 Å². The van der Waals surface area contributed by atoms with Crippen molar-refractivity contribution < 1.29 is 40.3 Å². The summed E-state index contributed by atoms with van der Waals surface area (Å²) in [6.07, 6.45) is -4.23. The van der Waals surface area contributed by atoms with E-state index in [9.17, 15) is 40.3 Å². The van der Waals surface area contributed by atoms with Crippen LogP contribution in [0.1, 0.15) is 69.6 Å². The van der Waals surface area contributed by atoms with E-state index in [1.807, 2.05) is 0 Å². The lowest BCUT2D eigenvalue weighted by atomic mass is 9.71. The van der Waals surface area contributed by atoms with Gasteiger partial charge in [0.05, 0.1) is 10.5 Å². The van der Waals surface area contributed by atoms with Crippen LogP contribution in [-0.4, -0.2) is 31.1 Å². The number of aliphatic hydroxyl groups is 1. The van der Waals surface area contributed by atoms with Crippen molar-refractivity contribution in [2.45, 2.75) is 86.4 Å². The van der Waals surface area contributed by atoms with E-state index < -0.39 is 49.3 Å². The zero-order valence-electron chi connectivity index (χ0n) is 21.4. The van der Waals surface area contributed by atoms with Gasteiger partial charge in [-0.05, 0) is 99.2 Å². The zero-order valence-corrected chi connectivity index (χ0v) is 22.2. The predicted molar refractivity (Wildman–Crippen MR) is 131 cm³/mol. The number of rotatable bonds is 7. The molecule has 1 N–H and O–H groups in total. The van der Waals surface area contributed by atoms with Gasteiger partial charge in [0.25, 0.3) is 0 Å². The Morgan fingerprint density at radius 2 is 1.66 bits per heavy atom. The standard InChI is InChI=1S/C28H31F5O4S/c1-25(2,35)16-21(34)15-18-12-13-27(38(36,37)22-8-6-20(29)7-9-22)23(18)10-4-17-14-19(5-11-24(17)27)26(3,30)28(31,32)33/h5-9,11,14,18,23,35H,4,10,12-13,15-16H2,1-3H3/t18-,23-,26?,27-/m0/s1. The summed E-state index contributed by atoms with van der Waals surface area (Å²) in [5.41, 5.74) is -4.83. The number of hydrogen-bond acceptors (Lipinski definition) is 4. The van der Waals surface area contributed by atoms with E-state index in [-0.39, 0.29) is 48.7 Å². The monoisotopic (exact) mass is 558 g/mol. The van der Waals surface area contributed by atoms with Gasteiger partial charge in [-0.15, -0.1) is 0 Å². The highest BCUT2D eigenvalue weighted by atomic mass is 32.2. The first-order chi connectivity index (χ1) is 17.4. The summed E-state index contributed by atoms with van der Waals surface area (Å²) in [6.45, 7) is 3.46. The molecule has 208 valence electrons. The molecule has 0 spiro atoms. The Labute approximate surface area is 219 Å². The van der Waals surface area contributed by atoms with E-state index in [2.05, 4.69) is 0 Å². The highest BCUT2D eigenvalue weighted by Gasteiger charge is 2.61. The van der Waals surface area contributed by atoms with Gasteiger partial charge in [0.1, 0.15) is 16.3 Å². The third-order valence-corrected chi connectivity index (χ3v) is 10.7. The van der Waals surface area contributed by atoms with Crippen molar-refractivity contribution in [3.63, 3.8) is 0 Å². The van der Waals surface area contributed by atoms with Crippen LogP contribution >= 0.6 is 0 Å². The maximum Gasteiger partial charge on any atom is 0.426 e. The van der Waals surface area contributed by atoms with Crippen molar-refractivity contribution >= 4 is 15.6 Å². The van der Waals surface area contributed by atoms with Gasteiger partial charge in [0.2, 0.25) is 5.67 Å². The fourth-order valence-electron chi connectivity index (χ4n) is 6.34. The normalized spacial score (nSPS) is 25.4. The number of hydrogen-bond donors (Lipinski definition) is 1. The molecule has 0 saturated heterocycles. The fraction of sp³-hybridized carbons (Fsp3) is 0.536. The molecule has 2 aliphatic carbocycles. The lowest BCUT2D eigenvalue weighted by molar-refractivity contribution is -0.228. The number of fused-ring (bicyclic) bond motifs is 3. The second kappa shape index (κ2) is 9.40. The van der Waals surface area contributed by atoms with Gasteiger partial charge >= 0.3 is 6.18 Å². The number of sulfone groups is 1. The molecule has 0 heterocycles. The third kappa shape index (κ3) is 4.78. The SMILES string of the molecule is CC(C)(O)CC(=O)C[C@@H]1CC[C@@]2(S(=O)(=O)c3ccc(F)cc3)c3ccc(C(C)(F)C(F)(F)F)cc3CC[C@@H]12. The van der Waals surface area contributed by atoms with Crippen LogP contribution in [0, 0.1) is 17.7 Å². The van der Waals surface area contributed by atoms with Crippen LogP contribution in [0.25, 0.3) is 0 Å². The Balaban J connectivity index is 1.84. The molecular weight excluding hydrogens is 527 g/mol. The molecule has 1 fully saturated rings. The molecule has 1 saturated carbocycles. The number of aryl methyl sites for hydroxylation is 1. The lowest BCUT2D eigenvalue weighted by Crippen LogP contribution is -2.45. The maximum atomic E-state index is 14.8. The van der Waals surface area contributed by atoms with Crippen LogP contribution < -0.4 is 0 Å². The maximum absolute atomic E-state index is 14.8. The molecule has 38 heavy (non-hydrogen) atoms. The van der Waals surface area contributed by atoms with Crippen LogP contribution in [-0.2, 0) is 31.5 Å². The summed E-state index contributed by atoms with van der Waals surface area (Å²) in [7, 11) is -4.21. The molecule has 0 amide bonds. The summed E-state index contributed by atoms with van der Waals surface area (Å²) in [4.78, 5) is 12.6. The molecular formula is C28H31F5O4S. The average molecular weight is 559 g/mol. The molecule has 0 aliphatic heterocycles. The molecule has 4 nitrogen and oxygen atoms in total. The molecule has 10 heteroatoms. The van der Waals surface area contributed by atoms with E-state index in [1.54, 1.807) is 0 Å². The van der Waals surface area contributed by atoms with Crippen LogP contribution in [0.3, 0.4) is 0 Å². The highest BCUT2D eigenvalue weighted by Crippen LogP contribution is 2.60. The van der Waals surface area contributed by atoms with Gasteiger partial charge in [0, 0.05) is 12.8 Å². The number of Topliss-reactive ketones (excluding diaryl/α,β-unsaturated/α-hetero) is 1. The van der Waals surface area contributed by atoms with E-state index in [1.165, 1.54) is 19.9 Å².